The van der Waals surface area contributed by atoms with Crippen molar-refractivity contribution in [3.05, 3.63) is 205 Å². The normalized spacial score (nSPS) is 10.9. The van der Waals surface area contributed by atoms with Crippen LogP contribution in [-0.4, -0.2) is 8.07 Å². The van der Waals surface area contributed by atoms with E-state index in [-0.39, 0.29) is 0 Å². The first-order valence-corrected chi connectivity index (χ1v) is 17.6. The van der Waals surface area contributed by atoms with E-state index in [1.165, 1.54) is 54.1 Å². The van der Waals surface area contributed by atoms with Crippen LogP contribution in [0, 0.1) is 13.8 Å². The fourth-order valence-corrected chi connectivity index (χ4v) is 11.0. The molecule has 0 heterocycles. The summed E-state index contributed by atoms with van der Waals surface area (Å²) in [6, 6.07) is 70.0. The first-order valence-electron chi connectivity index (χ1n) is 15.6. The fraction of sp³-hybridized carbons (Fsp3) is 0.0455. The Morgan fingerprint density at radius 3 is 0.933 bits per heavy atom. The second kappa shape index (κ2) is 14.0. The van der Waals surface area contributed by atoms with Crippen molar-refractivity contribution in [2.24, 2.45) is 0 Å². The van der Waals surface area contributed by atoms with Crippen molar-refractivity contribution in [3.8, 4) is 22.3 Å². The van der Waals surface area contributed by atoms with Crippen LogP contribution in [0.15, 0.2) is 194 Å². The molecule has 0 radical (unpaired) electrons. The molecule has 1 heteroatoms. The minimum atomic E-state index is -2.32. The zero-order valence-electron chi connectivity index (χ0n) is 26.0. The number of hydrogen-bond donors (Lipinski definition) is 0. The summed E-state index contributed by atoms with van der Waals surface area (Å²) in [7, 11) is -2.32. The summed E-state index contributed by atoms with van der Waals surface area (Å²) in [4.78, 5) is 0. The van der Waals surface area contributed by atoms with Gasteiger partial charge in [0.1, 0.15) is 0 Å². The predicted octanol–water partition coefficient (Wildman–Crippen LogP) is 8.70. The van der Waals surface area contributed by atoms with Gasteiger partial charge in [0.15, 0.2) is 8.07 Å². The van der Waals surface area contributed by atoms with E-state index < -0.39 is 8.07 Å². The van der Waals surface area contributed by atoms with Crippen LogP contribution >= 0.6 is 0 Å². The molecule has 7 aromatic rings. The van der Waals surface area contributed by atoms with Gasteiger partial charge in [-0.2, -0.15) is 0 Å². The van der Waals surface area contributed by atoms with Gasteiger partial charge in [0, 0.05) is 0 Å². The molecule has 0 nitrogen and oxygen atoms in total. The molecule has 7 rings (SSSR count). The van der Waals surface area contributed by atoms with E-state index in [9.17, 15) is 0 Å². The minimum absolute atomic E-state index is 1.27. The first-order chi connectivity index (χ1) is 22.1. The Bertz CT molecular complexity index is 1760. The molecule has 0 atom stereocenters. The number of aryl methyl sites for hydroxylation is 2. The summed E-state index contributed by atoms with van der Waals surface area (Å²) >= 11 is 0. The topological polar surface area (TPSA) is 0 Å². The lowest BCUT2D eigenvalue weighted by Crippen LogP contribution is -2.74. The van der Waals surface area contributed by atoms with Crippen molar-refractivity contribution in [3.63, 3.8) is 0 Å². The van der Waals surface area contributed by atoms with Gasteiger partial charge < -0.3 is 0 Å². The third-order valence-electron chi connectivity index (χ3n) is 8.40. The highest BCUT2D eigenvalue weighted by molar-refractivity contribution is 7.19. The second-order valence-electron chi connectivity index (χ2n) is 11.5. The molecule has 218 valence electrons. The summed E-state index contributed by atoms with van der Waals surface area (Å²) in [6.45, 7) is 4.31. The number of hydrogen-bond acceptors (Lipinski definition) is 0. The predicted molar refractivity (Wildman–Crippen MR) is 197 cm³/mol. The first kappa shape index (κ1) is 29.8. The molecule has 0 saturated heterocycles. The third kappa shape index (κ3) is 6.65. The van der Waals surface area contributed by atoms with Gasteiger partial charge in [-0.25, -0.2) is 0 Å². The molecule has 7 aromatic carbocycles. The molecule has 0 amide bonds. The zero-order valence-corrected chi connectivity index (χ0v) is 27.0. The molecule has 0 N–H and O–H groups in total. The lowest BCUT2D eigenvalue weighted by Gasteiger charge is -2.34. The van der Waals surface area contributed by atoms with Gasteiger partial charge in [0.2, 0.25) is 0 Å². The summed E-state index contributed by atoms with van der Waals surface area (Å²) in [5.41, 5.74) is 7.68. The number of benzene rings is 7. The van der Waals surface area contributed by atoms with Crippen molar-refractivity contribution in [2.75, 3.05) is 0 Å². The summed E-state index contributed by atoms with van der Waals surface area (Å²) in [5, 5.41) is 5.68. The summed E-state index contributed by atoms with van der Waals surface area (Å²) in [6.07, 6.45) is 0. The second-order valence-corrected chi connectivity index (χ2v) is 15.3. The quantitative estimate of drug-likeness (QED) is 0.133. The molecule has 0 saturated carbocycles. The maximum atomic E-state index is 2.33. The Morgan fingerprint density at radius 2 is 0.578 bits per heavy atom. The van der Waals surface area contributed by atoms with Gasteiger partial charge in [-0.15, -0.1) is 0 Å². The minimum Gasteiger partial charge on any atom is -0.0623 e. The maximum absolute atomic E-state index is 2.33. The van der Waals surface area contributed by atoms with Gasteiger partial charge >= 0.3 is 0 Å². The highest BCUT2D eigenvalue weighted by Crippen LogP contribution is 2.28. The summed E-state index contributed by atoms with van der Waals surface area (Å²) in [5.74, 6) is 0. The van der Waals surface area contributed by atoms with Gasteiger partial charge in [-0.3, -0.25) is 0 Å². The van der Waals surface area contributed by atoms with E-state index in [1.807, 2.05) is 0 Å². The molecule has 0 aromatic heterocycles. The highest BCUT2D eigenvalue weighted by atomic mass is 28.3. The zero-order chi connectivity index (χ0) is 30.9. The molecule has 0 spiro atoms. The SMILES string of the molecule is Cc1cc(-c2ccccc2)cc(-c2ccccc2)c1.Cc1ccc([Si](c2ccccc2)(c2ccccc2)c2ccccc2)cc1. The maximum Gasteiger partial charge on any atom is 0.179 e. The van der Waals surface area contributed by atoms with E-state index >= 15 is 0 Å². The van der Waals surface area contributed by atoms with Gasteiger partial charge in [-0.1, -0.05) is 194 Å². The van der Waals surface area contributed by atoms with Crippen molar-refractivity contribution >= 4 is 28.8 Å². The average Bonchev–Trinajstić information content (AvgIpc) is 3.12. The molecular weight excluding hydrogens is 557 g/mol. The van der Waals surface area contributed by atoms with Gasteiger partial charge in [0.25, 0.3) is 0 Å². The van der Waals surface area contributed by atoms with Crippen molar-refractivity contribution < 1.29 is 0 Å². The average molecular weight is 595 g/mol. The van der Waals surface area contributed by atoms with Crippen LogP contribution in [0.25, 0.3) is 22.3 Å². The van der Waals surface area contributed by atoms with Crippen molar-refractivity contribution in [2.45, 2.75) is 13.8 Å². The Labute approximate surface area is 269 Å². The smallest absolute Gasteiger partial charge is 0.0623 e. The largest absolute Gasteiger partial charge is 0.179 e. The molecular formula is C44H38Si. The third-order valence-corrected chi connectivity index (χ3v) is 13.2. The van der Waals surface area contributed by atoms with Crippen LogP contribution in [-0.2, 0) is 0 Å². The van der Waals surface area contributed by atoms with E-state index in [4.69, 9.17) is 0 Å². The van der Waals surface area contributed by atoms with Crippen LogP contribution in [0.3, 0.4) is 0 Å². The van der Waals surface area contributed by atoms with Crippen LogP contribution in [0.5, 0.6) is 0 Å². The van der Waals surface area contributed by atoms with Crippen molar-refractivity contribution in [1.82, 2.24) is 0 Å². The molecule has 0 fully saturated rings. The Kier molecular flexibility index (Phi) is 9.29. The summed E-state index contributed by atoms with van der Waals surface area (Å²) < 4.78 is 0. The van der Waals surface area contributed by atoms with E-state index in [0.717, 1.165) is 0 Å². The molecule has 45 heavy (non-hydrogen) atoms. The number of rotatable bonds is 6. The standard InChI is InChI=1S/C25H22Si.C19H16/c1-21-17-19-25(20-18-21)26(22-11-5-2-6-12-22,23-13-7-3-8-14-23)24-15-9-4-10-16-24;1-15-12-18(16-8-4-2-5-9-16)14-19(13-15)17-10-6-3-7-11-17/h2-20H,1H3;2-14H,1H3. The van der Waals surface area contributed by atoms with Crippen LogP contribution in [0.4, 0.5) is 0 Å². The van der Waals surface area contributed by atoms with Crippen LogP contribution < -0.4 is 20.7 Å². The van der Waals surface area contributed by atoms with Crippen molar-refractivity contribution in [1.29, 1.82) is 0 Å². The highest BCUT2D eigenvalue weighted by Gasteiger charge is 2.41. The molecule has 0 aliphatic heterocycles. The van der Waals surface area contributed by atoms with Gasteiger partial charge in [0.05, 0.1) is 0 Å². The molecule has 0 aliphatic carbocycles. The molecule has 0 bridgehead atoms. The van der Waals surface area contributed by atoms with E-state index in [2.05, 4.69) is 208 Å². The lowest BCUT2D eigenvalue weighted by molar-refractivity contribution is 1.46. The van der Waals surface area contributed by atoms with Crippen LogP contribution in [0.2, 0.25) is 0 Å². The lowest BCUT2D eigenvalue weighted by atomic mass is 9.97. The molecule has 0 aliphatic rings. The Balaban J connectivity index is 0.000000167. The Morgan fingerprint density at radius 1 is 0.267 bits per heavy atom. The van der Waals surface area contributed by atoms with Gasteiger partial charge in [-0.05, 0) is 68.5 Å². The van der Waals surface area contributed by atoms with E-state index in [0.29, 0.717) is 0 Å². The molecule has 0 unspecified atom stereocenters. The van der Waals surface area contributed by atoms with Crippen LogP contribution in [0.1, 0.15) is 11.1 Å². The Hall–Kier alpha value is -5.24. The fourth-order valence-electron chi connectivity index (χ4n) is 6.25. The monoisotopic (exact) mass is 594 g/mol. The van der Waals surface area contributed by atoms with E-state index in [1.54, 1.807) is 0 Å².